The number of hydrogen-bond donors (Lipinski definition) is 1. The van der Waals surface area contributed by atoms with Gasteiger partial charge in [-0.2, -0.15) is 0 Å². The molecule has 76 valence electrons. The van der Waals surface area contributed by atoms with Crippen LogP contribution in [0.2, 0.25) is 0 Å². The number of hydrogen-bond acceptors (Lipinski definition) is 4. The van der Waals surface area contributed by atoms with Gasteiger partial charge >= 0.3 is 5.97 Å². The van der Waals surface area contributed by atoms with Gasteiger partial charge in [-0.25, -0.2) is 9.78 Å². The minimum atomic E-state index is -0.750. The van der Waals surface area contributed by atoms with Crippen molar-refractivity contribution in [3.8, 4) is 11.8 Å². The van der Waals surface area contributed by atoms with Crippen LogP contribution in [-0.2, 0) is 9.53 Å². The summed E-state index contributed by atoms with van der Waals surface area (Å²) < 4.78 is 4.48. The molecule has 0 radical (unpaired) electrons. The Bertz CT molecular complexity index is 457. The van der Waals surface area contributed by atoms with Gasteiger partial charge in [0, 0.05) is 5.92 Å². The smallest absolute Gasteiger partial charge is 0.356 e. The van der Waals surface area contributed by atoms with Gasteiger partial charge in [0.05, 0.1) is 7.11 Å². The van der Waals surface area contributed by atoms with Crippen LogP contribution in [0.15, 0.2) is 18.2 Å². The first kappa shape index (κ1) is 10.7. The number of nitrogens with zero attached hydrogens (tertiary/aromatic N) is 1. The Labute approximate surface area is 86.3 Å². The first-order valence-electron chi connectivity index (χ1n) is 4.00. The maximum Gasteiger partial charge on any atom is 0.356 e. The van der Waals surface area contributed by atoms with Crippen molar-refractivity contribution < 1.29 is 14.3 Å². The summed E-state index contributed by atoms with van der Waals surface area (Å²) in [5.41, 5.74) is 5.25. The van der Waals surface area contributed by atoms with E-state index in [1.807, 2.05) is 0 Å². The molecule has 0 aliphatic rings. The molecule has 0 saturated carbocycles. The van der Waals surface area contributed by atoms with Crippen molar-refractivity contribution in [3.63, 3.8) is 0 Å². The zero-order chi connectivity index (χ0) is 11.3. The van der Waals surface area contributed by atoms with Gasteiger partial charge < -0.3 is 10.5 Å². The lowest BCUT2D eigenvalue weighted by Crippen LogP contribution is -2.07. The second-order valence-electron chi connectivity index (χ2n) is 2.51. The first-order chi connectivity index (χ1) is 7.13. The van der Waals surface area contributed by atoms with Crippen LogP contribution in [0.4, 0.5) is 0 Å². The summed E-state index contributed by atoms with van der Waals surface area (Å²) in [6, 6.07) is 4.63. The number of ether oxygens (including phenoxy) is 1. The fraction of sp³-hybridized carbons (Fsp3) is 0.100. The van der Waals surface area contributed by atoms with E-state index in [1.54, 1.807) is 12.1 Å². The molecule has 0 aliphatic carbocycles. The predicted octanol–water partition coefficient (Wildman–Crippen LogP) is -0.295. The van der Waals surface area contributed by atoms with Gasteiger partial charge in [-0.05, 0) is 18.1 Å². The molecule has 1 heterocycles. The number of primary amides is 1. The number of methoxy groups -OCH3 is 1. The fourth-order valence-corrected chi connectivity index (χ4v) is 0.848. The number of nitrogens with two attached hydrogens (primary N) is 1. The van der Waals surface area contributed by atoms with E-state index in [2.05, 4.69) is 21.6 Å². The summed E-state index contributed by atoms with van der Waals surface area (Å²) in [6.45, 7) is 0. The van der Waals surface area contributed by atoms with Crippen LogP contribution in [0.5, 0.6) is 0 Å². The molecule has 0 aliphatic heterocycles. The standard InChI is InChI=1S/C10H8N2O3/c1-15-10(14)8-4-2-3-7(12-8)5-6-9(11)13/h2-4H,1H3,(H2,11,13). The summed E-state index contributed by atoms with van der Waals surface area (Å²) in [5.74, 6) is 3.23. The van der Waals surface area contributed by atoms with Crippen LogP contribution in [0.25, 0.3) is 0 Å². The van der Waals surface area contributed by atoms with Gasteiger partial charge in [0.1, 0.15) is 11.4 Å². The van der Waals surface area contributed by atoms with Crippen molar-refractivity contribution >= 4 is 11.9 Å². The predicted molar refractivity (Wildman–Crippen MR) is 51.6 cm³/mol. The number of pyridine rings is 1. The number of amides is 1. The molecule has 0 bridgehead atoms. The number of aromatic nitrogens is 1. The lowest BCUT2D eigenvalue weighted by molar-refractivity contribution is -0.112. The molecule has 15 heavy (non-hydrogen) atoms. The van der Waals surface area contributed by atoms with Crippen molar-refractivity contribution in [2.24, 2.45) is 5.73 Å². The molecule has 2 N–H and O–H groups in total. The second kappa shape index (κ2) is 4.77. The number of carbonyl (C=O) groups excluding carboxylic acids is 2. The molecule has 0 saturated heterocycles. The Balaban J connectivity index is 2.99. The molecule has 0 aromatic carbocycles. The van der Waals surface area contributed by atoms with Gasteiger partial charge in [-0.15, -0.1) is 0 Å². The molecule has 0 atom stereocenters. The van der Waals surface area contributed by atoms with E-state index in [0.717, 1.165) is 0 Å². The normalized spacial score (nSPS) is 8.60. The topological polar surface area (TPSA) is 82.3 Å². The maximum absolute atomic E-state index is 11.1. The average molecular weight is 204 g/mol. The third-order valence-corrected chi connectivity index (χ3v) is 1.46. The molecule has 1 amide bonds. The highest BCUT2D eigenvalue weighted by Gasteiger charge is 2.06. The molecular formula is C10H8N2O3. The Morgan fingerprint density at radius 1 is 1.47 bits per heavy atom. The zero-order valence-corrected chi connectivity index (χ0v) is 7.98. The molecular weight excluding hydrogens is 196 g/mol. The molecule has 5 heteroatoms. The Kier molecular flexibility index (Phi) is 3.41. The quantitative estimate of drug-likeness (QED) is 0.503. The first-order valence-corrected chi connectivity index (χ1v) is 4.00. The van der Waals surface area contributed by atoms with Crippen LogP contribution in [-0.4, -0.2) is 24.0 Å². The van der Waals surface area contributed by atoms with Gasteiger partial charge in [-0.3, -0.25) is 4.79 Å². The Hall–Kier alpha value is -2.35. The monoisotopic (exact) mass is 204 g/mol. The minimum absolute atomic E-state index is 0.133. The van der Waals surface area contributed by atoms with Crippen LogP contribution < -0.4 is 5.73 Å². The van der Waals surface area contributed by atoms with Crippen molar-refractivity contribution in [3.05, 3.63) is 29.6 Å². The number of esters is 1. The maximum atomic E-state index is 11.1. The lowest BCUT2D eigenvalue weighted by atomic mass is 10.3. The molecule has 1 aromatic heterocycles. The third kappa shape index (κ3) is 3.12. The summed E-state index contributed by atoms with van der Waals surface area (Å²) in [6.07, 6.45) is 0. The summed E-state index contributed by atoms with van der Waals surface area (Å²) in [4.78, 5) is 25.3. The highest BCUT2D eigenvalue weighted by Crippen LogP contribution is 1.99. The van der Waals surface area contributed by atoms with E-state index in [1.165, 1.54) is 13.2 Å². The fourth-order valence-electron chi connectivity index (χ4n) is 0.848. The minimum Gasteiger partial charge on any atom is -0.464 e. The van der Waals surface area contributed by atoms with Crippen molar-refractivity contribution in [1.82, 2.24) is 4.98 Å². The van der Waals surface area contributed by atoms with Crippen LogP contribution in [0, 0.1) is 11.8 Å². The van der Waals surface area contributed by atoms with E-state index in [-0.39, 0.29) is 11.4 Å². The lowest BCUT2D eigenvalue weighted by Gasteiger charge is -1.97. The second-order valence-corrected chi connectivity index (χ2v) is 2.51. The number of rotatable bonds is 1. The summed E-state index contributed by atoms with van der Waals surface area (Å²) >= 11 is 0. The SMILES string of the molecule is COC(=O)c1cccc(C#CC(N)=O)n1. The average Bonchev–Trinajstić information content (AvgIpc) is 2.25. The molecule has 1 rings (SSSR count). The van der Waals surface area contributed by atoms with Crippen LogP contribution >= 0.6 is 0 Å². The summed E-state index contributed by atoms with van der Waals surface area (Å²) in [7, 11) is 1.26. The zero-order valence-electron chi connectivity index (χ0n) is 7.98. The van der Waals surface area contributed by atoms with E-state index >= 15 is 0 Å². The van der Waals surface area contributed by atoms with E-state index in [4.69, 9.17) is 5.73 Å². The van der Waals surface area contributed by atoms with E-state index < -0.39 is 11.9 Å². The van der Waals surface area contributed by atoms with Gasteiger partial charge in [-0.1, -0.05) is 6.07 Å². The van der Waals surface area contributed by atoms with Crippen molar-refractivity contribution in [2.45, 2.75) is 0 Å². The Morgan fingerprint density at radius 3 is 2.80 bits per heavy atom. The largest absolute Gasteiger partial charge is 0.464 e. The highest BCUT2D eigenvalue weighted by atomic mass is 16.5. The third-order valence-electron chi connectivity index (χ3n) is 1.46. The van der Waals surface area contributed by atoms with Crippen molar-refractivity contribution in [2.75, 3.05) is 7.11 Å². The van der Waals surface area contributed by atoms with Gasteiger partial charge in [0.25, 0.3) is 5.91 Å². The molecule has 0 fully saturated rings. The molecule has 0 spiro atoms. The van der Waals surface area contributed by atoms with Crippen LogP contribution in [0.3, 0.4) is 0 Å². The summed E-state index contributed by atoms with van der Waals surface area (Å²) in [5, 5.41) is 0. The van der Waals surface area contributed by atoms with Gasteiger partial charge in [0.2, 0.25) is 0 Å². The Morgan fingerprint density at radius 2 is 2.20 bits per heavy atom. The van der Waals surface area contributed by atoms with Crippen molar-refractivity contribution in [1.29, 1.82) is 0 Å². The molecule has 0 unspecified atom stereocenters. The van der Waals surface area contributed by atoms with E-state index in [9.17, 15) is 9.59 Å². The number of carbonyl (C=O) groups is 2. The van der Waals surface area contributed by atoms with Crippen LogP contribution in [0.1, 0.15) is 16.2 Å². The van der Waals surface area contributed by atoms with Gasteiger partial charge in [0.15, 0.2) is 0 Å². The van der Waals surface area contributed by atoms with E-state index in [0.29, 0.717) is 0 Å². The molecule has 5 nitrogen and oxygen atoms in total. The molecule has 1 aromatic rings. The highest BCUT2D eigenvalue weighted by molar-refractivity contribution is 5.92.